The second-order valence-corrected chi connectivity index (χ2v) is 3.40. The van der Waals surface area contributed by atoms with Crippen LogP contribution in [0.1, 0.15) is 20.3 Å². The molecule has 0 aromatic carbocycles. The molecule has 0 aromatic rings. The van der Waals surface area contributed by atoms with E-state index in [-0.39, 0.29) is 6.61 Å². The third kappa shape index (κ3) is 10.7. The van der Waals surface area contributed by atoms with Crippen LogP contribution in [0.15, 0.2) is 72.4 Å². The zero-order chi connectivity index (χ0) is 12.8. The van der Waals surface area contributed by atoms with E-state index in [4.69, 9.17) is 5.11 Å². The Kier molecular flexibility index (Phi) is 11.3. The Morgan fingerprint density at radius 1 is 0.882 bits per heavy atom. The first-order chi connectivity index (χ1) is 8.35. The van der Waals surface area contributed by atoms with Gasteiger partial charge in [0.25, 0.3) is 0 Å². The highest BCUT2D eigenvalue weighted by molar-refractivity contribution is 5.24. The maximum absolute atomic E-state index is 9.00. The molecule has 0 fully saturated rings. The van der Waals surface area contributed by atoms with Crippen molar-refractivity contribution >= 4 is 0 Å². The van der Waals surface area contributed by atoms with Crippen molar-refractivity contribution in [1.29, 1.82) is 0 Å². The van der Waals surface area contributed by atoms with Gasteiger partial charge >= 0.3 is 0 Å². The van der Waals surface area contributed by atoms with Crippen LogP contribution < -0.4 is 0 Å². The predicted octanol–water partition coefficient (Wildman–Crippen LogP) is 4.12. The molecular weight excluding hydrogens is 208 g/mol. The van der Waals surface area contributed by atoms with Gasteiger partial charge in [0.1, 0.15) is 0 Å². The Balaban J connectivity index is 3.95. The minimum absolute atomic E-state index is 0.0800. The number of aliphatic hydroxyl groups excluding tert-OH is 1. The summed E-state index contributed by atoms with van der Waals surface area (Å²) in [7, 11) is 0. The highest BCUT2D eigenvalue weighted by Crippen LogP contribution is 1.97. The SMILES string of the molecule is CC=CC=CC=CCC=CC=C(C=CC)CO. The van der Waals surface area contributed by atoms with Gasteiger partial charge in [-0.1, -0.05) is 66.8 Å². The topological polar surface area (TPSA) is 20.2 Å². The van der Waals surface area contributed by atoms with Crippen LogP contribution in [0, 0.1) is 0 Å². The molecule has 0 aliphatic rings. The summed E-state index contributed by atoms with van der Waals surface area (Å²) in [6.45, 7) is 4.01. The van der Waals surface area contributed by atoms with Gasteiger partial charge < -0.3 is 5.11 Å². The molecule has 1 nitrogen and oxygen atoms in total. The Bertz CT molecular complexity index is 339. The van der Waals surface area contributed by atoms with Gasteiger partial charge in [0.2, 0.25) is 0 Å². The van der Waals surface area contributed by atoms with E-state index in [1.165, 1.54) is 0 Å². The summed E-state index contributed by atoms with van der Waals surface area (Å²) in [5.74, 6) is 0. The Hall–Kier alpha value is -1.60. The number of hydrogen-bond acceptors (Lipinski definition) is 1. The summed E-state index contributed by atoms with van der Waals surface area (Å²) in [6.07, 6.45) is 22.7. The van der Waals surface area contributed by atoms with Gasteiger partial charge in [-0.25, -0.2) is 0 Å². The second-order valence-electron chi connectivity index (χ2n) is 3.40. The van der Waals surface area contributed by atoms with Crippen molar-refractivity contribution in [2.24, 2.45) is 0 Å². The van der Waals surface area contributed by atoms with Crippen LogP contribution in [-0.2, 0) is 0 Å². The van der Waals surface area contributed by atoms with Crippen LogP contribution in [0.4, 0.5) is 0 Å². The zero-order valence-electron chi connectivity index (χ0n) is 10.7. The molecule has 0 heterocycles. The fourth-order valence-electron chi connectivity index (χ4n) is 1.12. The van der Waals surface area contributed by atoms with E-state index in [0.29, 0.717) is 0 Å². The molecule has 0 unspecified atom stereocenters. The van der Waals surface area contributed by atoms with Crippen LogP contribution in [0.3, 0.4) is 0 Å². The Morgan fingerprint density at radius 2 is 1.59 bits per heavy atom. The second kappa shape index (κ2) is 12.5. The summed E-state index contributed by atoms with van der Waals surface area (Å²) in [5, 5.41) is 9.00. The van der Waals surface area contributed by atoms with E-state index in [2.05, 4.69) is 12.2 Å². The normalized spacial score (nSPS) is 14.4. The smallest absolute Gasteiger partial charge is 0.0681 e. The van der Waals surface area contributed by atoms with Crippen LogP contribution in [-0.4, -0.2) is 11.7 Å². The van der Waals surface area contributed by atoms with E-state index < -0.39 is 0 Å². The van der Waals surface area contributed by atoms with Crippen LogP contribution in [0.2, 0.25) is 0 Å². The van der Waals surface area contributed by atoms with E-state index in [0.717, 1.165) is 12.0 Å². The first kappa shape index (κ1) is 15.4. The molecule has 0 aliphatic carbocycles. The molecule has 92 valence electrons. The molecule has 0 spiro atoms. The van der Waals surface area contributed by atoms with Gasteiger partial charge in [-0.15, -0.1) is 0 Å². The van der Waals surface area contributed by atoms with Gasteiger partial charge in [0, 0.05) is 0 Å². The quantitative estimate of drug-likeness (QED) is 0.652. The third-order valence-corrected chi connectivity index (χ3v) is 1.94. The molecular formula is C16H22O. The standard InChI is InChI=1S/C16H22O/c1-3-5-6-7-8-9-10-11-12-14-16(15-17)13-4-2/h3-9,11-14,17H,10,15H2,1-2H3. The van der Waals surface area contributed by atoms with Crippen molar-refractivity contribution in [3.8, 4) is 0 Å². The molecule has 0 saturated heterocycles. The van der Waals surface area contributed by atoms with Crippen molar-refractivity contribution in [3.05, 3.63) is 72.4 Å². The first-order valence-corrected chi connectivity index (χ1v) is 5.88. The van der Waals surface area contributed by atoms with E-state index >= 15 is 0 Å². The van der Waals surface area contributed by atoms with Crippen molar-refractivity contribution in [2.75, 3.05) is 6.61 Å². The minimum atomic E-state index is 0.0800. The zero-order valence-corrected chi connectivity index (χ0v) is 10.7. The lowest BCUT2D eigenvalue weighted by Crippen LogP contribution is -1.83. The Morgan fingerprint density at radius 3 is 2.24 bits per heavy atom. The molecule has 0 atom stereocenters. The largest absolute Gasteiger partial charge is 0.392 e. The van der Waals surface area contributed by atoms with Gasteiger partial charge in [-0.2, -0.15) is 0 Å². The molecule has 0 saturated carbocycles. The van der Waals surface area contributed by atoms with Gasteiger partial charge in [-0.05, 0) is 25.8 Å². The summed E-state index contributed by atoms with van der Waals surface area (Å²) in [5.41, 5.74) is 0.917. The number of hydrogen-bond donors (Lipinski definition) is 1. The molecule has 1 N–H and O–H groups in total. The lowest BCUT2D eigenvalue weighted by atomic mass is 10.2. The highest BCUT2D eigenvalue weighted by atomic mass is 16.3. The summed E-state index contributed by atoms with van der Waals surface area (Å²) < 4.78 is 0. The molecule has 17 heavy (non-hydrogen) atoms. The molecule has 0 aliphatic heterocycles. The fraction of sp³-hybridized carbons (Fsp3) is 0.250. The van der Waals surface area contributed by atoms with Crippen LogP contribution in [0.25, 0.3) is 0 Å². The lowest BCUT2D eigenvalue weighted by molar-refractivity contribution is 0.335. The molecule has 1 heteroatoms. The maximum Gasteiger partial charge on any atom is 0.0681 e. The van der Waals surface area contributed by atoms with Crippen LogP contribution >= 0.6 is 0 Å². The molecule has 0 bridgehead atoms. The van der Waals surface area contributed by atoms with E-state index in [1.807, 2.05) is 68.5 Å². The van der Waals surface area contributed by atoms with E-state index in [1.54, 1.807) is 0 Å². The monoisotopic (exact) mass is 230 g/mol. The van der Waals surface area contributed by atoms with Crippen molar-refractivity contribution < 1.29 is 5.11 Å². The number of aliphatic hydroxyl groups is 1. The average Bonchev–Trinajstić information content (AvgIpc) is 2.35. The van der Waals surface area contributed by atoms with Crippen molar-refractivity contribution in [3.63, 3.8) is 0 Å². The van der Waals surface area contributed by atoms with Gasteiger partial charge in [0.05, 0.1) is 6.61 Å². The highest BCUT2D eigenvalue weighted by Gasteiger charge is 1.83. The molecule has 0 rings (SSSR count). The predicted molar refractivity (Wildman–Crippen MR) is 76.8 cm³/mol. The van der Waals surface area contributed by atoms with E-state index in [9.17, 15) is 0 Å². The summed E-state index contributed by atoms with van der Waals surface area (Å²) >= 11 is 0. The summed E-state index contributed by atoms with van der Waals surface area (Å²) in [4.78, 5) is 0. The van der Waals surface area contributed by atoms with Gasteiger partial charge in [0.15, 0.2) is 0 Å². The molecule has 0 amide bonds. The maximum atomic E-state index is 9.00. The fourth-order valence-corrected chi connectivity index (χ4v) is 1.12. The molecule has 0 radical (unpaired) electrons. The number of allylic oxidation sites excluding steroid dienone is 10. The van der Waals surface area contributed by atoms with Crippen molar-refractivity contribution in [2.45, 2.75) is 20.3 Å². The summed E-state index contributed by atoms with van der Waals surface area (Å²) in [6, 6.07) is 0. The Labute approximate surface area is 105 Å². The van der Waals surface area contributed by atoms with Gasteiger partial charge in [-0.3, -0.25) is 0 Å². The van der Waals surface area contributed by atoms with Crippen LogP contribution in [0.5, 0.6) is 0 Å². The van der Waals surface area contributed by atoms with Crippen molar-refractivity contribution in [1.82, 2.24) is 0 Å². The lowest BCUT2D eigenvalue weighted by Gasteiger charge is -1.91. The molecule has 0 aromatic heterocycles. The first-order valence-electron chi connectivity index (χ1n) is 5.88. The minimum Gasteiger partial charge on any atom is -0.392 e. The third-order valence-electron chi connectivity index (χ3n) is 1.94. The average molecular weight is 230 g/mol. The number of rotatable bonds is 7.